The van der Waals surface area contributed by atoms with Crippen molar-refractivity contribution in [3.05, 3.63) is 34.9 Å². The quantitative estimate of drug-likeness (QED) is 0.699. The smallest absolute Gasteiger partial charge is 0.0971 e. The molecule has 0 aromatic heterocycles. The topological polar surface area (TPSA) is 9.23 Å². The maximum Gasteiger partial charge on any atom is 0.0971 e. The van der Waals surface area contributed by atoms with E-state index < -0.39 is 0 Å². The molecule has 0 radical (unpaired) electrons. The van der Waals surface area contributed by atoms with Gasteiger partial charge >= 0.3 is 0 Å². The molecule has 2 aliphatic rings. The molecule has 0 amide bonds. The molecule has 74 valence electrons. The third-order valence-electron chi connectivity index (χ3n) is 3.28. The number of aryl methyl sites for hydroxylation is 2. The van der Waals surface area contributed by atoms with Crippen molar-refractivity contribution in [2.45, 2.75) is 23.6 Å². The van der Waals surface area contributed by atoms with Crippen molar-refractivity contribution in [1.82, 2.24) is 0 Å². The third kappa shape index (κ3) is 1.24. The summed E-state index contributed by atoms with van der Waals surface area (Å²) in [7, 11) is 0. The van der Waals surface area contributed by atoms with Gasteiger partial charge in [-0.05, 0) is 36.0 Å². The number of rotatable bonds is 1. The molecular weight excluding hydrogens is 240 g/mol. The van der Waals surface area contributed by atoms with Gasteiger partial charge in [-0.25, -0.2) is 0 Å². The Morgan fingerprint density at radius 3 is 2.64 bits per heavy atom. The Bertz CT molecular complexity index is 369. The molecule has 0 bridgehead atoms. The fourth-order valence-electron chi connectivity index (χ4n) is 2.30. The van der Waals surface area contributed by atoms with Crippen LogP contribution in [0.3, 0.4) is 0 Å². The van der Waals surface area contributed by atoms with Gasteiger partial charge in [-0.3, -0.25) is 0 Å². The maximum absolute atomic E-state index is 5.26. The molecule has 1 aliphatic carbocycles. The van der Waals surface area contributed by atoms with Gasteiger partial charge in [-0.1, -0.05) is 34.1 Å². The number of hydrogen-bond donors (Lipinski definition) is 0. The first-order chi connectivity index (χ1) is 6.78. The average molecular weight is 253 g/mol. The van der Waals surface area contributed by atoms with Gasteiger partial charge in [-0.15, -0.1) is 0 Å². The third-order valence-corrected chi connectivity index (χ3v) is 4.19. The minimum atomic E-state index is 0.116. The fraction of sp³-hybridized carbons (Fsp3) is 0.500. The summed E-state index contributed by atoms with van der Waals surface area (Å²) in [5, 5.41) is 0. The molecular formula is C12H13BrO. The Balaban J connectivity index is 2.00. The van der Waals surface area contributed by atoms with E-state index in [9.17, 15) is 0 Å². The van der Waals surface area contributed by atoms with E-state index in [0.29, 0.717) is 0 Å². The van der Waals surface area contributed by atoms with Crippen LogP contribution < -0.4 is 0 Å². The molecule has 1 aromatic rings. The van der Waals surface area contributed by atoms with Gasteiger partial charge in [0.25, 0.3) is 0 Å². The minimum Gasteiger partial charge on any atom is -0.378 e. The molecule has 1 nitrogen and oxygen atoms in total. The lowest BCUT2D eigenvalue weighted by molar-refractivity contribution is -0.00700. The van der Waals surface area contributed by atoms with Crippen LogP contribution in [0.25, 0.3) is 0 Å². The van der Waals surface area contributed by atoms with E-state index in [4.69, 9.17) is 4.74 Å². The van der Waals surface area contributed by atoms with E-state index in [2.05, 4.69) is 34.1 Å². The second kappa shape index (κ2) is 3.07. The lowest BCUT2D eigenvalue weighted by Crippen LogP contribution is -2.41. The van der Waals surface area contributed by atoms with Gasteiger partial charge < -0.3 is 4.74 Å². The predicted octanol–water partition coefficient (Wildman–Crippen LogP) is 2.80. The molecule has 0 saturated carbocycles. The molecule has 0 spiro atoms. The summed E-state index contributed by atoms with van der Waals surface area (Å²) in [6.07, 6.45) is 3.85. The SMILES string of the molecule is BrC1(c2ccc3c(c2)CCC3)COC1. The van der Waals surface area contributed by atoms with Gasteiger partial charge in [0, 0.05) is 0 Å². The molecule has 0 N–H and O–H groups in total. The summed E-state index contributed by atoms with van der Waals surface area (Å²) in [5.41, 5.74) is 4.49. The number of ether oxygens (including phenoxy) is 1. The van der Waals surface area contributed by atoms with Crippen molar-refractivity contribution in [2.75, 3.05) is 13.2 Å². The molecule has 1 aromatic carbocycles. The highest BCUT2D eigenvalue weighted by Gasteiger charge is 2.37. The lowest BCUT2D eigenvalue weighted by atomic mass is 9.94. The Kier molecular flexibility index (Phi) is 1.96. The van der Waals surface area contributed by atoms with E-state index in [1.807, 2.05) is 0 Å². The van der Waals surface area contributed by atoms with Gasteiger partial charge in [0.2, 0.25) is 0 Å². The van der Waals surface area contributed by atoms with Gasteiger partial charge in [0.05, 0.1) is 17.5 Å². The molecule has 1 saturated heterocycles. The molecule has 0 unspecified atom stereocenters. The van der Waals surface area contributed by atoms with Crippen LogP contribution in [0.15, 0.2) is 18.2 Å². The van der Waals surface area contributed by atoms with Crippen molar-refractivity contribution in [1.29, 1.82) is 0 Å². The number of halogens is 1. The van der Waals surface area contributed by atoms with E-state index in [0.717, 1.165) is 13.2 Å². The van der Waals surface area contributed by atoms with E-state index in [1.54, 1.807) is 11.1 Å². The second-order valence-electron chi connectivity index (χ2n) is 4.30. The summed E-state index contributed by atoms with van der Waals surface area (Å²) in [6.45, 7) is 1.62. The molecule has 0 atom stereocenters. The summed E-state index contributed by atoms with van der Waals surface area (Å²) >= 11 is 3.76. The normalized spacial score (nSPS) is 22.9. The first-order valence-corrected chi connectivity index (χ1v) is 5.96. The highest BCUT2D eigenvalue weighted by Crippen LogP contribution is 2.40. The second-order valence-corrected chi connectivity index (χ2v) is 5.81. The number of alkyl halides is 1. The van der Waals surface area contributed by atoms with Crippen LogP contribution in [0.4, 0.5) is 0 Å². The van der Waals surface area contributed by atoms with Crippen LogP contribution in [-0.2, 0) is 21.9 Å². The van der Waals surface area contributed by atoms with Crippen LogP contribution in [0, 0.1) is 0 Å². The highest BCUT2D eigenvalue weighted by molar-refractivity contribution is 9.09. The summed E-state index contributed by atoms with van der Waals surface area (Å²) < 4.78 is 5.38. The maximum atomic E-state index is 5.26. The van der Waals surface area contributed by atoms with Gasteiger partial charge in [0.15, 0.2) is 0 Å². The summed E-state index contributed by atoms with van der Waals surface area (Å²) in [5.74, 6) is 0. The zero-order valence-electron chi connectivity index (χ0n) is 8.05. The number of fused-ring (bicyclic) bond motifs is 1. The van der Waals surface area contributed by atoms with Crippen LogP contribution in [0.2, 0.25) is 0 Å². The lowest BCUT2D eigenvalue weighted by Gasteiger charge is -2.36. The van der Waals surface area contributed by atoms with E-state index in [1.165, 1.54) is 24.8 Å². The Labute approximate surface area is 92.6 Å². The first kappa shape index (κ1) is 8.93. The predicted molar refractivity (Wildman–Crippen MR) is 59.9 cm³/mol. The van der Waals surface area contributed by atoms with Crippen molar-refractivity contribution in [2.24, 2.45) is 0 Å². The van der Waals surface area contributed by atoms with Crippen LogP contribution in [0.5, 0.6) is 0 Å². The highest BCUT2D eigenvalue weighted by atomic mass is 79.9. The van der Waals surface area contributed by atoms with E-state index >= 15 is 0 Å². The van der Waals surface area contributed by atoms with Crippen molar-refractivity contribution in [3.8, 4) is 0 Å². The monoisotopic (exact) mass is 252 g/mol. The molecule has 1 heterocycles. The standard InChI is InChI=1S/C12H13BrO/c13-12(7-14-8-12)11-5-4-9-2-1-3-10(9)6-11/h4-6H,1-3,7-8H2. The molecule has 1 fully saturated rings. The van der Waals surface area contributed by atoms with Gasteiger partial charge in [0.1, 0.15) is 0 Å². The summed E-state index contributed by atoms with van der Waals surface area (Å²) in [6, 6.07) is 6.90. The largest absolute Gasteiger partial charge is 0.378 e. The number of benzene rings is 1. The van der Waals surface area contributed by atoms with Crippen LogP contribution >= 0.6 is 15.9 Å². The molecule has 14 heavy (non-hydrogen) atoms. The summed E-state index contributed by atoms with van der Waals surface area (Å²) in [4.78, 5) is 0. The molecule has 1 aliphatic heterocycles. The van der Waals surface area contributed by atoms with Crippen molar-refractivity contribution >= 4 is 15.9 Å². The van der Waals surface area contributed by atoms with Crippen molar-refractivity contribution < 1.29 is 4.74 Å². The minimum absolute atomic E-state index is 0.116. The zero-order chi connectivity index (χ0) is 9.60. The Morgan fingerprint density at radius 1 is 1.14 bits per heavy atom. The van der Waals surface area contributed by atoms with Crippen LogP contribution in [0.1, 0.15) is 23.1 Å². The molecule has 3 rings (SSSR count). The van der Waals surface area contributed by atoms with E-state index in [-0.39, 0.29) is 4.32 Å². The van der Waals surface area contributed by atoms with Crippen molar-refractivity contribution in [3.63, 3.8) is 0 Å². The molecule has 2 heteroatoms. The first-order valence-electron chi connectivity index (χ1n) is 5.17. The average Bonchev–Trinajstić information content (AvgIpc) is 2.60. The van der Waals surface area contributed by atoms with Gasteiger partial charge in [-0.2, -0.15) is 0 Å². The Morgan fingerprint density at radius 2 is 1.93 bits per heavy atom. The fourth-order valence-corrected chi connectivity index (χ4v) is 2.87. The number of hydrogen-bond acceptors (Lipinski definition) is 1. The zero-order valence-corrected chi connectivity index (χ0v) is 9.64. The Hall–Kier alpha value is -0.340. The van der Waals surface area contributed by atoms with Crippen LogP contribution in [-0.4, -0.2) is 13.2 Å².